The van der Waals surface area contributed by atoms with Crippen molar-refractivity contribution in [3.05, 3.63) is 33.5 Å². The van der Waals surface area contributed by atoms with Crippen LogP contribution in [0, 0.1) is 0 Å². The predicted molar refractivity (Wildman–Crippen MR) is 125 cm³/mol. The first kappa shape index (κ1) is 28.1. The van der Waals surface area contributed by atoms with Gasteiger partial charge in [0.15, 0.2) is 36.0 Å². The summed E-state index contributed by atoms with van der Waals surface area (Å²) in [7, 11) is -5.17. The molecule has 22 heteroatoms. The lowest BCUT2D eigenvalue weighted by Crippen LogP contribution is -2.35. The Morgan fingerprint density at radius 1 is 1.07 bits per heavy atom. The van der Waals surface area contributed by atoms with Gasteiger partial charge < -0.3 is 36.0 Å². The van der Waals surface area contributed by atoms with E-state index in [9.17, 15) is 33.7 Å². The molecule has 0 aromatic carbocycles. The van der Waals surface area contributed by atoms with Gasteiger partial charge in [-0.2, -0.15) is 9.97 Å². The molecule has 0 aliphatic carbocycles. The molecule has 218 valence electrons. The van der Waals surface area contributed by atoms with Gasteiger partial charge in [-0.15, -0.1) is 0 Å². The highest BCUT2D eigenvalue weighted by Crippen LogP contribution is 2.50. The summed E-state index contributed by atoms with van der Waals surface area (Å²) in [5.74, 6) is -0.676. The first-order valence-corrected chi connectivity index (χ1v) is 12.9. The number of hydrogen-bond acceptors (Lipinski definition) is 15. The van der Waals surface area contributed by atoms with Crippen molar-refractivity contribution in [3.63, 3.8) is 0 Å². The van der Waals surface area contributed by atoms with Crippen LogP contribution in [0.1, 0.15) is 12.5 Å². The second-order valence-corrected chi connectivity index (χ2v) is 10.1. The van der Waals surface area contributed by atoms with Crippen LogP contribution in [0.15, 0.2) is 22.2 Å². The maximum absolute atomic E-state index is 15.5. The van der Waals surface area contributed by atoms with E-state index in [0.717, 1.165) is 17.2 Å². The fourth-order valence-corrected chi connectivity index (χ4v) is 5.22. The summed E-state index contributed by atoms with van der Waals surface area (Å²) < 4.78 is 64.8. The number of aliphatic hydroxyl groups is 2. The number of aromatic amines is 1. The molecule has 2 aliphatic rings. The molecule has 5 unspecified atom stereocenters. The number of phosphoric acid groups is 1. The van der Waals surface area contributed by atoms with Gasteiger partial charge in [-0.1, -0.05) is 0 Å². The van der Waals surface area contributed by atoms with Crippen LogP contribution < -0.4 is 22.7 Å². The van der Waals surface area contributed by atoms with Crippen LogP contribution in [-0.4, -0.2) is 99.1 Å². The average Bonchev–Trinajstić information content (AvgIpc) is 3.53. The molecule has 2 fully saturated rings. The number of aliphatic hydroxyl groups excluding tert-OH is 2. The molecule has 5 heterocycles. The van der Waals surface area contributed by atoms with Crippen molar-refractivity contribution in [1.82, 2.24) is 34.1 Å². The monoisotopic (exact) mass is 593 g/mol. The number of alkyl halides is 2. The van der Waals surface area contributed by atoms with Crippen LogP contribution in [0.25, 0.3) is 11.2 Å². The van der Waals surface area contributed by atoms with E-state index in [4.69, 9.17) is 30.0 Å². The third kappa shape index (κ3) is 5.08. The zero-order valence-corrected chi connectivity index (χ0v) is 20.8. The Bertz CT molecular complexity index is 1570. The van der Waals surface area contributed by atoms with Crippen molar-refractivity contribution in [1.29, 1.82) is 0 Å². The largest absolute Gasteiger partial charge is 0.472 e. The molecule has 0 spiro atoms. The summed E-state index contributed by atoms with van der Waals surface area (Å²) in [5.41, 5.74) is 8.73. The lowest BCUT2D eigenvalue weighted by Gasteiger charge is -2.22. The van der Waals surface area contributed by atoms with Gasteiger partial charge in [0.05, 0.1) is 19.5 Å². The zero-order chi connectivity index (χ0) is 28.9. The molecule has 2 aliphatic heterocycles. The number of H-pyrrole nitrogens is 1. The second-order valence-electron chi connectivity index (χ2n) is 8.71. The number of fused-ring (bicyclic) bond motifs is 1. The molecule has 5 rings (SSSR count). The van der Waals surface area contributed by atoms with E-state index in [1.54, 1.807) is 0 Å². The third-order valence-corrected chi connectivity index (χ3v) is 7.13. The average molecular weight is 593 g/mol. The minimum Gasteiger partial charge on any atom is -0.394 e. The van der Waals surface area contributed by atoms with Crippen molar-refractivity contribution in [2.45, 2.75) is 49.2 Å². The summed E-state index contributed by atoms with van der Waals surface area (Å²) in [6.45, 7) is -1.80. The minimum absolute atomic E-state index is 0.164. The SMILES string of the molecule is Nc1ncn([C@@H]2O[C@H](COP(=O)(O)OC3C(F)[C@H](n4cnc5c(=O)[nH]c(N)nc54)O[C@@H]3CO)C(O)C2F)c(=O)n1. The summed E-state index contributed by atoms with van der Waals surface area (Å²) in [6.07, 6.45) is -12.8. The molecule has 0 bridgehead atoms. The number of phosphoric ester groups is 1. The van der Waals surface area contributed by atoms with Crippen molar-refractivity contribution >= 4 is 30.9 Å². The Labute approximate surface area is 219 Å². The van der Waals surface area contributed by atoms with Crippen molar-refractivity contribution in [2.75, 3.05) is 24.7 Å². The molecule has 3 aromatic rings. The first-order valence-electron chi connectivity index (χ1n) is 11.4. The number of ether oxygens (including phenoxy) is 2. The molecular weight excluding hydrogens is 571 g/mol. The van der Waals surface area contributed by atoms with Gasteiger partial charge in [-0.25, -0.2) is 28.1 Å². The number of rotatable bonds is 8. The fraction of sp³-hybridized carbons (Fsp3) is 0.556. The Kier molecular flexibility index (Phi) is 7.39. The highest BCUT2D eigenvalue weighted by atomic mass is 31.2. The second kappa shape index (κ2) is 10.5. The third-order valence-electron chi connectivity index (χ3n) is 6.14. The Morgan fingerprint density at radius 3 is 2.45 bits per heavy atom. The maximum Gasteiger partial charge on any atom is 0.472 e. The van der Waals surface area contributed by atoms with E-state index in [0.29, 0.717) is 4.57 Å². The quantitative estimate of drug-likeness (QED) is 0.144. The van der Waals surface area contributed by atoms with Gasteiger partial charge in [0.1, 0.15) is 30.7 Å². The molecule has 8 N–H and O–H groups in total. The number of imidazole rings is 1. The smallest absolute Gasteiger partial charge is 0.394 e. The Balaban J connectivity index is 1.28. The lowest BCUT2D eigenvalue weighted by atomic mass is 10.1. The van der Waals surface area contributed by atoms with Crippen LogP contribution in [-0.2, 0) is 23.1 Å². The molecular formula is C18H22F2N9O10P. The lowest BCUT2D eigenvalue weighted by molar-refractivity contribution is -0.0582. The van der Waals surface area contributed by atoms with E-state index in [2.05, 4.69) is 24.9 Å². The Morgan fingerprint density at radius 2 is 1.75 bits per heavy atom. The van der Waals surface area contributed by atoms with Crippen LogP contribution >= 0.6 is 7.82 Å². The van der Waals surface area contributed by atoms with Crippen molar-refractivity contribution in [3.8, 4) is 0 Å². The molecule has 19 nitrogen and oxygen atoms in total. The van der Waals surface area contributed by atoms with E-state index in [1.807, 2.05) is 0 Å². The molecule has 0 radical (unpaired) electrons. The zero-order valence-electron chi connectivity index (χ0n) is 19.9. The number of anilines is 2. The topological polar surface area (TPSA) is 278 Å². The van der Waals surface area contributed by atoms with E-state index in [-0.39, 0.29) is 23.1 Å². The molecule has 2 saturated heterocycles. The number of aromatic nitrogens is 7. The molecule has 0 saturated carbocycles. The van der Waals surface area contributed by atoms with Gasteiger partial charge >= 0.3 is 13.5 Å². The number of hydrogen-bond donors (Lipinski definition) is 6. The molecule has 9 atom stereocenters. The van der Waals surface area contributed by atoms with Crippen LogP contribution in [0.3, 0.4) is 0 Å². The summed E-state index contributed by atoms with van der Waals surface area (Å²) in [5, 5.41) is 19.8. The highest BCUT2D eigenvalue weighted by molar-refractivity contribution is 7.47. The number of nitrogens with two attached hydrogens (primary N) is 2. The van der Waals surface area contributed by atoms with Crippen LogP contribution in [0.2, 0.25) is 0 Å². The first-order chi connectivity index (χ1) is 18.9. The van der Waals surface area contributed by atoms with E-state index < -0.39 is 81.5 Å². The number of halogens is 2. The van der Waals surface area contributed by atoms with E-state index >= 15 is 4.39 Å². The van der Waals surface area contributed by atoms with Gasteiger partial charge in [0.25, 0.3) is 5.56 Å². The predicted octanol–water partition coefficient (Wildman–Crippen LogP) is -2.74. The van der Waals surface area contributed by atoms with Gasteiger partial charge in [0, 0.05) is 0 Å². The van der Waals surface area contributed by atoms with E-state index in [1.165, 1.54) is 0 Å². The van der Waals surface area contributed by atoms with Crippen LogP contribution in [0.5, 0.6) is 0 Å². The molecule has 3 aromatic heterocycles. The van der Waals surface area contributed by atoms with Crippen molar-refractivity contribution in [2.24, 2.45) is 0 Å². The minimum atomic E-state index is -5.17. The summed E-state index contributed by atoms with van der Waals surface area (Å²) in [4.78, 5) is 51.0. The highest BCUT2D eigenvalue weighted by Gasteiger charge is 2.51. The summed E-state index contributed by atoms with van der Waals surface area (Å²) in [6, 6.07) is 0. The molecule has 0 amide bonds. The number of nitrogens with zero attached hydrogens (tertiary/aromatic N) is 6. The van der Waals surface area contributed by atoms with Crippen LogP contribution in [0.4, 0.5) is 20.7 Å². The standard InChI is InChI=1S/C18H22F2N9O10P/c19-7-10(31)6(38-14(7)29-4-24-16(21)27-18(29)33)2-36-40(34,35)39-11-5(1-30)37-15(8(11)20)28-3-23-9-12(28)25-17(22)26-13(9)32/h3-8,10-11,14-15,30-31H,1-2H2,(H,34,35)(H2,21,27,33)(H3,22,25,26,32)/t5-,6-,7?,8?,10?,11?,14-,15-/m1/s1. The Hall–Kier alpha value is -3.43. The van der Waals surface area contributed by atoms with Gasteiger partial charge in [-0.3, -0.25) is 28.0 Å². The fourth-order valence-electron chi connectivity index (χ4n) is 4.27. The maximum atomic E-state index is 15.5. The number of nitrogen functional groups attached to an aromatic ring is 2. The normalized spacial score (nSPS) is 32.0. The van der Waals surface area contributed by atoms with Crippen molar-refractivity contribution < 1.29 is 47.0 Å². The number of nitrogens with one attached hydrogen (secondary N) is 1. The molecule has 40 heavy (non-hydrogen) atoms. The summed E-state index contributed by atoms with van der Waals surface area (Å²) >= 11 is 0. The van der Waals surface area contributed by atoms with Gasteiger partial charge in [0.2, 0.25) is 11.9 Å². The van der Waals surface area contributed by atoms with Gasteiger partial charge in [-0.05, 0) is 0 Å².